The van der Waals surface area contributed by atoms with Gasteiger partial charge in [-0.15, -0.1) is 0 Å². The van der Waals surface area contributed by atoms with E-state index in [1.165, 1.54) is 5.57 Å². The molecule has 1 N–H and O–H groups in total. The van der Waals surface area contributed by atoms with Gasteiger partial charge in [-0.2, -0.15) is 0 Å². The van der Waals surface area contributed by atoms with Gasteiger partial charge in [0.05, 0.1) is 5.60 Å². The van der Waals surface area contributed by atoms with Gasteiger partial charge in [0.15, 0.2) is 0 Å². The maximum Gasteiger partial charge on any atom is 0.0865 e. The molecule has 48 valence electrons. The first kappa shape index (κ1) is 5.24. The standard InChI is InChI=1S/C8H10O/c9-8(5-6-8)7-3-1-2-4-7/h1-3,9H,4-6H2. The van der Waals surface area contributed by atoms with E-state index in [1.807, 2.05) is 12.2 Å². The van der Waals surface area contributed by atoms with Crippen LogP contribution in [0.3, 0.4) is 0 Å². The van der Waals surface area contributed by atoms with Gasteiger partial charge in [-0.05, 0) is 24.8 Å². The Hall–Kier alpha value is -0.560. The summed E-state index contributed by atoms with van der Waals surface area (Å²) in [5.74, 6) is 0. The second-order valence-corrected chi connectivity index (χ2v) is 2.86. The van der Waals surface area contributed by atoms with Crippen LogP contribution >= 0.6 is 0 Å². The Morgan fingerprint density at radius 1 is 1.44 bits per heavy atom. The Bertz CT molecular complexity index is 185. The lowest BCUT2D eigenvalue weighted by Crippen LogP contribution is -2.08. The van der Waals surface area contributed by atoms with Crippen molar-refractivity contribution in [1.82, 2.24) is 0 Å². The summed E-state index contributed by atoms with van der Waals surface area (Å²) >= 11 is 0. The first-order valence-electron chi connectivity index (χ1n) is 3.40. The van der Waals surface area contributed by atoms with E-state index in [9.17, 15) is 5.11 Å². The molecular weight excluding hydrogens is 112 g/mol. The monoisotopic (exact) mass is 122 g/mol. The predicted molar refractivity (Wildman–Crippen MR) is 36.0 cm³/mol. The predicted octanol–water partition coefficient (Wildman–Crippen LogP) is 1.40. The number of hydrogen-bond donors (Lipinski definition) is 1. The first-order valence-corrected chi connectivity index (χ1v) is 3.40. The van der Waals surface area contributed by atoms with Gasteiger partial charge in [0.1, 0.15) is 0 Å². The van der Waals surface area contributed by atoms with E-state index in [4.69, 9.17) is 0 Å². The molecule has 2 aliphatic carbocycles. The average molecular weight is 122 g/mol. The summed E-state index contributed by atoms with van der Waals surface area (Å²) in [5, 5.41) is 9.52. The Kier molecular flexibility index (Phi) is 0.862. The van der Waals surface area contributed by atoms with Crippen molar-refractivity contribution in [3.05, 3.63) is 23.8 Å². The summed E-state index contributed by atoms with van der Waals surface area (Å²) in [6.45, 7) is 0. The molecule has 2 rings (SSSR count). The fourth-order valence-corrected chi connectivity index (χ4v) is 1.23. The highest BCUT2D eigenvalue weighted by Crippen LogP contribution is 2.44. The van der Waals surface area contributed by atoms with Crippen LogP contribution in [-0.4, -0.2) is 10.7 Å². The topological polar surface area (TPSA) is 20.2 Å². The normalized spacial score (nSPS) is 28.3. The molecule has 9 heavy (non-hydrogen) atoms. The minimum absolute atomic E-state index is 0.372. The molecule has 1 saturated carbocycles. The van der Waals surface area contributed by atoms with Crippen LogP contribution in [0.25, 0.3) is 0 Å². The van der Waals surface area contributed by atoms with Crippen LogP contribution in [0.15, 0.2) is 23.8 Å². The molecule has 0 spiro atoms. The van der Waals surface area contributed by atoms with Crippen molar-refractivity contribution in [3.8, 4) is 0 Å². The van der Waals surface area contributed by atoms with E-state index in [1.54, 1.807) is 0 Å². The lowest BCUT2D eigenvalue weighted by atomic mass is 10.1. The average Bonchev–Trinajstić information content (AvgIpc) is 2.46. The second-order valence-electron chi connectivity index (χ2n) is 2.86. The van der Waals surface area contributed by atoms with Crippen molar-refractivity contribution in [2.45, 2.75) is 24.9 Å². The molecule has 0 aliphatic heterocycles. The largest absolute Gasteiger partial charge is 0.385 e. The molecular formula is C8H10O. The number of hydrogen-bond acceptors (Lipinski definition) is 1. The first-order chi connectivity index (χ1) is 4.31. The summed E-state index contributed by atoms with van der Waals surface area (Å²) in [5.41, 5.74) is 0.839. The van der Waals surface area contributed by atoms with Crippen LogP contribution < -0.4 is 0 Å². The molecule has 1 fully saturated rings. The van der Waals surface area contributed by atoms with Gasteiger partial charge in [0.25, 0.3) is 0 Å². The lowest BCUT2D eigenvalue weighted by molar-refractivity contribution is 0.187. The third kappa shape index (κ3) is 0.724. The van der Waals surface area contributed by atoms with Crippen LogP contribution in [0, 0.1) is 0 Å². The maximum absolute atomic E-state index is 9.52. The van der Waals surface area contributed by atoms with Gasteiger partial charge < -0.3 is 5.11 Å². The quantitative estimate of drug-likeness (QED) is 0.557. The fraction of sp³-hybridized carbons (Fsp3) is 0.500. The van der Waals surface area contributed by atoms with Gasteiger partial charge in [-0.1, -0.05) is 18.2 Å². The van der Waals surface area contributed by atoms with E-state index < -0.39 is 0 Å². The van der Waals surface area contributed by atoms with Crippen molar-refractivity contribution in [2.24, 2.45) is 0 Å². The summed E-state index contributed by atoms with van der Waals surface area (Å²) in [6.07, 6.45) is 9.06. The molecule has 0 saturated heterocycles. The van der Waals surface area contributed by atoms with Crippen LogP contribution in [0.5, 0.6) is 0 Å². The molecule has 0 heterocycles. The van der Waals surface area contributed by atoms with Gasteiger partial charge in [-0.3, -0.25) is 0 Å². The van der Waals surface area contributed by atoms with Crippen molar-refractivity contribution < 1.29 is 5.11 Å². The van der Waals surface area contributed by atoms with Crippen LogP contribution in [0.4, 0.5) is 0 Å². The van der Waals surface area contributed by atoms with E-state index in [0.29, 0.717) is 0 Å². The van der Waals surface area contributed by atoms with E-state index in [-0.39, 0.29) is 5.60 Å². The SMILES string of the molecule is OC1(C2=CC=CC2)CC1. The molecule has 0 unspecified atom stereocenters. The highest BCUT2D eigenvalue weighted by molar-refractivity contribution is 5.34. The summed E-state index contributed by atoms with van der Waals surface area (Å²) in [4.78, 5) is 0. The third-order valence-electron chi connectivity index (χ3n) is 2.09. The molecule has 0 aromatic carbocycles. The van der Waals surface area contributed by atoms with Gasteiger partial charge in [0, 0.05) is 0 Å². The summed E-state index contributed by atoms with van der Waals surface area (Å²) < 4.78 is 0. The zero-order valence-electron chi connectivity index (χ0n) is 5.30. The minimum atomic E-state index is -0.372. The molecule has 0 aromatic heterocycles. The minimum Gasteiger partial charge on any atom is -0.385 e. The van der Waals surface area contributed by atoms with E-state index in [2.05, 4.69) is 6.08 Å². The van der Waals surface area contributed by atoms with Gasteiger partial charge in [0.2, 0.25) is 0 Å². The van der Waals surface area contributed by atoms with E-state index >= 15 is 0 Å². The highest BCUT2D eigenvalue weighted by atomic mass is 16.3. The maximum atomic E-state index is 9.52. The zero-order chi connectivity index (χ0) is 6.32. The molecule has 0 radical (unpaired) electrons. The summed E-state index contributed by atoms with van der Waals surface area (Å²) in [7, 11) is 0. The van der Waals surface area contributed by atoms with Crippen LogP contribution in [0.1, 0.15) is 19.3 Å². The molecule has 1 nitrogen and oxygen atoms in total. The Morgan fingerprint density at radius 3 is 2.67 bits per heavy atom. The molecule has 2 aliphatic rings. The van der Waals surface area contributed by atoms with Crippen molar-refractivity contribution in [1.29, 1.82) is 0 Å². The highest BCUT2D eigenvalue weighted by Gasteiger charge is 2.43. The molecule has 1 heteroatoms. The number of allylic oxidation sites excluding steroid dienone is 3. The molecule has 0 amide bonds. The van der Waals surface area contributed by atoms with Crippen LogP contribution in [0.2, 0.25) is 0 Å². The number of rotatable bonds is 1. The van der Waals surface area contributed by atoms with Gasteiger partial charge in [-0.25, -0.2) is 0 Å². The van der Waals surface area contributed by atoms with Gasteiger partial charge >= 0.3 is 0 Å². The van der Waals surface area contributed by atoms with Crippen molar-refractivity contribution >= 4 is 0 Å². The molecule has 0 aromatic rings. The summed E-state index contributed by atoms with van der Waals surface area (Å²) in [6, 6.07) is 0. The Labute approximate surface area is 54.7 Å². The molecule has 0 bridgehead atoms. The molecule has 0 atom stereocenters. The van der Waals surface area contributed by atoms with Crippen LogP contribution in [-0.2, 0) is 0 Å². The second kappa shape index (κ2) is 1.48. The fourth-order valence-electron chi connectivity index (χ4n) is 1.23. The van der Waals surface area contributed by atoms with Crippen molar-refractivity contribution in [3.63, 3.8) is 0 Å². The third-order valence-corrected chi connectivity index (χ3v) is 2.09. The Balaban J connectivity index is 2.16. The lowest BCUT2D eigenvalue weighted by Gasteiger charge is -2.06. The van der Waals surface area contributed by atoms with E-state index in [0.717, 1.165) is 19.3 Å². The number of aliphatic hydroxyl groups is 1. The smallest absolute Gasteiger partial charge is 0.0865 e. The zero-order valence-corrected chi connectivity index (χ0v) is 5.30. The van der Waals surface area contributed by atoms with Crippen molar-refractivity contribution in [2.75, 3.05) is 0 Å². The Morgan fingerprint density at radius 2 is 2.22 bits per heavy atom.